The predicted octanol–water partition coefficient (Wildman–Crippen LogP) is 5.20. The van der Waals surface area contributed by atoms with Gasteiger partial charge in [0.05, 0.1) is 24.4 Å². The van der Waals surface area contributed by atoms with E-state index in [0.717, 1.165) is 96.0 Å². The molecule has 2 saturated heterocycles. The topological polar surface area (TPSA) is 156 Å². The third-order valence-electron chi connectivity index (χ3n) is 11.0. The average Bonchev–Trinajstić information content (AvgIpc) is 3.68. The van der Waals surface area contributed by atoms with E-state index in [-0.39, 0.29) is 36.4 Å². The van der Waals surface area contributed by atoms with Crippen molar-refractivity contribution >= 4 is 34.4 Å². The van der Waals surface area contributed by atoms with E-state index in [1.54, 1.807) is 32.2 Å². The standard InChI is InChI=1S/C44H53N9O5/c1-5-37-35(41(48-33-15-21-58-22-16-33)36-27-47-53(6-2)42(36)50-37)26-46-44(56)39-12-8-11-38(49-39)43(55)45-25-30-13-14-40(57-4)34(24-30)32-10-7-9-31(23-32)28-51-17-19-52(20-18-51)29(3)54/h7-14,23-24,27,33H,5-6,15-22,25-26,28H2,1-4H3,(H,45,55)(H,46,56)(H,48,50). The second-order valence-corrected chi connectivity index (χ2v) is 14.8. The third kappa shape index (κ3) is 9.29. The Morgan fingerprint density at radius 3 is 2.28 bits per heavy atom. The molecule has 5 aromatic rings. The lowest BCUT2D eigenvalue weighted by Crippen LogP contribution is -2.47. The van der Waals surface area contributed by atoms with Gasteiger partial charge in [0.25, 0.3) is 11.8 Å². The average molecular weight is 788 g/mol. The van der Waals surface area contributed by atoms with Gasteiger partial charge >= 0.3 is 0 Å². The molecule has 14 nitrogen and oxygen atoms in total. The number of ether oxygens (including phenoxy) is 2. The minimum absolute atomic E-state index is 0.121. The van der Waals surface area contributed by atoms with Crippen LogP contribution in [0.3, 0.4) is 0 Å². The lowest BCUT2D eigenvalue weighted by Gasteiger charge is -2.34. The quantitative estimate of drug-likeness (QED) is 0.137. The highest BCUT2D eigenvalue weighted by Crippen LogP contribution is 2.33. The van der Waals surface area contributed by atoms with E-state index < -0.39 is 11.8 Å². The van der Waals surface area contributed by atoms with Crippen LogP contribution in [-0.2, 0) is 42.1 Å². The van der Waals surface area contributed by atoms with Gasteiger partial charge in [0.15, 0.2) is 5.65 Å². The van der Waals surface area contributed by atoms with E-state index in [1.165, 1.54) is 5.56 Å². The molecule has 0 saturated carbocycles. The number of fused-ring (bicyclic) bond motifs is 1. The molecule has 2 aliphatic heterocycles. The molecule has 7 rings (SSSR count). The number of piperazine rings is 1. The summed E-state index contributed by atoms with van der Waals surface area (Å²) in [5, 5.41) is 15.3. The number of nitrogens with zero attached hydrogens (tertiary/aromatic N) is 6. The van der Waals surface area contributed by atoms with Crippen molar-refractivity contribution in [3.63, 3.8) is 0 Å². The van der Waals surface area contributed by atoms with Crippen molar-refractivity contribution < 1.29 is 23.9 Å². The lowest BCUT2D eigenvalue weighted by atomic mass is 9.99. The summed E-state index contributed by atoms with van der Waals surface area (Å²) in [6, 6.07) is 19.3. The molecule has 3 amide bonds. The first kappa shape index (κ1) is 40.3. The second-order valence-electron chi connectivity index (χ2n) is 14.8. The van der Waals surface area contributed by atoms with Gasteiger partial charge in [-0.1, -0.05) is 37.3 Å². The molecule has 0 atom stereocenters. The van der Waals surface area contributed by atoms with Crippen molar-refractivity contribution in [1.82, 2.24) is 40.2 Å². The Labute approximate surface area is 339 Å². The van der Waals surface area contributed by atoms with Gasteiger partial charge in [-0.05, 0) is 73.2 Å². The summed E-state index contributed by atoms with van der Waals surface area (Å²) in [5.41, 5.74) is 7.81. The van der Waals surface area contributed by atoms with E-state index >= 15 is 0 Å². The minimum atomic E-state index is -0.391. The molecule has 304 valence electrons. The summed E-state index contributed by atoms with van der Waals surface area (Å²) >= 11 is 0. The van der Waals surface area contributed by atoms with Crippen molar-refractivity contribution in [2.24, 2.45) is 0 Å². The van der Waals surface area contributed by atoms with Crippen LogP contribution in [-0.4, -0.2) is 99.8 Å². The Morgan fingerprint density at radius 2 is 1.59 bits per heavy atom. The van der Waals surface area contributed by atoms with Crippen LogP contribution in [0.1, 0.15) is 77.0 Å². The number of carbonyl (C=O) groups is 3. The maximum atomic E-state index is 13.6. The fraction of sp³-hybridized carbons (Fsp3) is 0.409. The number of amides is 3. The number of pyridine rings is 2. The van der Waals surface area contributed by atoms with E-state index in [0.29, 0.717) is 26.2 Å². The van der Waals surface area contributed by atoms with E-state index in [2.05, 4.69) is 56.1 Å². The molecule has 58 heavy (non-hydrogen) atoms. The van der Waals surface area contributed by atoms with Crippen LogP contribution in [0.15, 0.2) is 66.9 Å². The zero-order chi connectivity index (χ0) is 40.6. The monoisotopic (exact) mass is 787 g/mol. The molecule has 3 N–H and O–H groups in total. The van der Waals surface area contributed by atoms with Crippen molar-refractivity contribution in [3.05, 3.63) is 101 Å². The molecule has 5 heterocycles. The van der Waals surface area contributed by atoms with Crippen LogP contribution in [0, 0.1) is 0 Å². The zero-order valence-electron chi connectivity index (χ0n) is 33.8. The smallest absolute Gasteiger partial charge is 0.270 e. The molecule has 0 spiro atoms. The number of benzene rings is 2. The van der Waals surface area contributed by atoms with Crippen LogP contribution in [0.5, 0.6) is 5.75 Å². The maximum absolute atomic E-state index is 13.6. The summed E-state index contributed by atoms with van der Waals surface area (Å²) < 4.78 is 13.2. The van der Waals surface area contributed by atoms with E-state index in [1.807, 2.05) is 47.0 Å². The highest BCUT2D eigenvalue weighted by Gasteiger charge is 2.23. The van der Waals surface area contributed by atoms with Crippen LogP contribution in [0.4, 0.5) is 5.69 Å². The van der Waals surface area contributed by atoms with Gasteiger partial charge < -0.3 is 30.3 Å². The van der Waals surface area contributed by atoms with Crippen molar-refractivity contribution in [3.8, 4) is 16.9 Å². The van der Waals surface area contributed by atoms with Gasteiger partial charge in [0, 0.05) is 95.4 Å². The molecule has 2 fully saturated rings. The van der Waals surface area contributed by atoms with Gasteiger partial charge in [-0.25, -0.2) is 14.6 Å². The van der Waals surface area contributed by atoms with E-state index in [9.17, 15) is 14.4 Å². The first-order chi connectivity index (χ1) is 28.2. The maximum Gasteiger partial charge on any atom is 0.270 e. The largest absolute Gasteiger partial charge is 0.496 e. The number of hydrogen-bond donors (Lipinski definition) is 3. The van der Waals surface area contributed by atoms with Gasteiger partial charge in [-0.2, -0.15) is 5.10 Å². The Morgan fingerprint density at radius 1 is 0.862 bits per heavy atom. The molecule has 0 unspecified atom stereocenters. The summed E-state index contributed by atoms with van der Waals surface area (Å²) in [5.74, 6) is 0.0686. The molecule has 2 aliphatic rings. The SMILES string of the molecule is CCc1nc2c(cnn2CC)c(NC2CCOCC2)c1CNC(=O)c1cccc(C(=O)NCc2ccc(OC)c(-c3cccc(CN4CCN(C(C)=O)CC4)c3)c2)n1. The van der Waals surface area contributed by atoms with Gasteiger partial charge in [-0.15, -0.1) is 0 Å². The van der Waals surface area contributed by atoms with Crippen LogP contribution >= 0.6 is 0 Å². The normalized spacial score (nSPS) is 15.0. The first-order valence-corrected chi connectivity index (χ1v) is 20.2. The second kappa shape index (κ2) is 18.6. The molecule has 0 aliphatic carbocycles. The molecule has 14 heteroatoms. The van der Waals surface area contributed by atoms with Crippen molar-refractivity contribution in [2.45, 2.75) is 72.3 Å². The fourth-order valence-corrected chi connectivity index (χ4v) is 7.73. The number of aromatic nitrogens is 4. The van der Waals surface area contributed by atoms with Gasteiger partial charge in [-0.3, -0.25) is 19.3 Å². The van der Waals surface area contributed by atoms with Crippen molar-refractivity contribution in [1.29, 1.82) is 0 Å². The number of aryl methyl sites for hydroxylation is 2. The first-order valence-electron chi connectivity index (χ1n) is 20.2. The summed E-state index contributed by atoms with van der Waals surface area (Å²) in [6.45, 7) is 12.2. The Balaban J connectivity index is 1.01. The summed E-state index contributed by atoms with van der Waals surface area (Å²) in [6.07, 6.45) is 4.29. The highest BCUT2D eigenvalue weighted by atomic mass is 16.5. The molecular weight excluding hydrogens is 735 g/mol. The zero-order valence-corrected chi connectivity index (χ0v) is 33.8. The number of methoxy groups -OCH3 is 1. The molecule has 0 bridgehead atoms. The summed E-state index contributed by atoms with van der Waals surface area (Å²) in [7, 11) is 1.65. The minimum Gasteiger partial charge on any atom is -0.496 e. The number of nitrogens with one attached hydrogen (secondary N) is 3. The fourth-order valence-electron chi connectivity index (χ4n) is 7.73. The Hall–Kier alpha value is -5.86. The number of rotatable bonds is 14. The third-order valence-corrected chi connectivity index (χ3v) is 11.0. The molecule has 2 aromatic carbocycles. The number of carbonyl (C=O) groups excluding carboxylic acids is 3. The van der Waals surface area contributed by atoms with Crippen LogP contribution < -0.4 is 20.7 Å². The van der Waals surface area contributed by atoms with Crippen LogP contribution in [0.2, 0.25) is 0 Å². The lowest BCUT2D eigenvalue weighted by molar-refractivity contribution is -0.130. The van der Waals surface area contributed by atoms with E-state index in [4.69, 9.17) is 14.5 Å². The molecule has 3 aromatic heterocycles. The van der Waals surface area contributed by atoms with Gasteiger partial charge in [0.2, 0.25) is 5.91 Å². The molecular formula is C44H53N9O5. The highest BCUT2D eigenvalue weighted by molar-refractivity contribution is 5.97. The number of hydrogen-bond acceptors (Lipinski definition) is 10. The molecule has 0 radical (unpaired) electrons. The summed E-state index contributed by atoms with van der Waals surface area (Å²) in [4.78, 5) is 52.5. The predicted molar refractivity (Wildman–Crippen MR) is 223 cm³/mol. The van der Waals surface area contributed by atoms with Gasteiger partial charge in [0.1, 0.15) is 17.1 Å². The van der Waals surface area contributed by atoms with Crippen LogP contribution in [0.25, 0.3) is 22.2 Å². The van der Waals surface area contributed by atoms with Crippen molar-refractivity contribution in [2.75, 3.05) is 51.8 Å². The Bertz CT molecular complexity index is 2260. The number of anilines is 1. The Kier molecular flexibility index (Phi) is 12.9.